The largest absolute Gasteiger partial charge is 0.383 e. The standard InChI is InChI=1S/C16H21N5/c1-9(2)13-8-19-14(10(3)4)6-11(13)5-12-7-20-16(18)21-15(12)17/h6-9H,3,5H2,1-2,4H3,(H4,17,18,20,21). The van der Waals surface area contributed by atoms with Gasteiger partial charge in [0, 0.05) is 24.4 Å². The number of hydrogen-bond donors (Lipinski definition) is 2. The van der Waals surface area contributed by atoms with Crippen LogP contribution in [0.4, 0.5) is 11.8 Å². The van der Waals surface area contributed by atoms with Crippen LogP contribution in [0.25, 0.3) is 5.57 Å². The average molecular weight is 283 g/mol. The molecule has 0 spiro atoms. The SMILES string of the molecule is C=C(C)c1cc(Cc2cnc(N)nc2N)c(C(C)C)cn1. The predicted octanol–water partition coefficient (Wildman–Crippen LogP) is 2.78. The maximum Gasteiger partial charge on any atom is 0.221 e. The summed E-state index contributed by atoms with van der Waals surface area (Å²) in [5.41, 5.74) is 16.5. The van der Waals surface area contributed by atoms with Gasteiger partial charge in [-0.3, -0.25) is 4.98 Å². The van der Waals surface area contributed by atoms with E-state index in [2.05, 4.69) is 41.4 Å². The van der Waals surface area contributed by atoms with Crippen molar-refractivity contribution in [2.24, 2.45) is 0 Å². The third kappa shape index (κ3) is 3.37. The summed E-state index contributed by atoms with van der Waals surface area (Å²) in [7, 11) is 0. The molecule has 4 N–H and O–H groups in total. The van der Waals surface area contributed by atoms with E-state index in [1.165, 1.54) is 5.56 Å². The molecule has 0 radical (unpaired) electrons. The second-order valence-electron chi connectivity index (χ2n) is 5.52. The lowest BCUT2D eigenvalue weighted by Gasteiger charge is -2.14. The van der Waals surface area contributed by atoms with Crippen LogP contribution in [-0.4, -0.2) is 15.0 Å². The van der Waals surface area contributed by atoms with Crippen LogP contribution in [0.1, 0.15) is 49.1 Å². The van der Waals surface area contributed by atoms with Gasteiger partial charge in [-0.1, -0.05) is 20.4 Å². The molecule has 0 amide bonds. The summed E-state index contributed by atoms with van der Waals surface area (Å²) in [6.07, 6.45) is 4.25. The first-order valence-electron chi connectivity index (χ1n) is 6.90. The first kappa shape index (κ1) is 15.0. The summed E-state index contributed by atoms with van der Waals surface area (Å²) in [5.74, 6) is 0.992. The maximum atomic E-state index is 5.93. The fourth-order valence-electron chi connectivity index (χ4n) is 2.19. The van der Waals surface area contributed by atoms with Crippen molar-refractivity contribution in [3.8, 4) is 0 Å². The van der Waals surface area contributed by atoms with Crippen molar-refractivity contribution in [2.45, 2.75) is 33.1 Å². The molecule has 0 saturated carbocycles. The van der Waals surface area contributed by atoms with Crippen LogP contribution in [0.15, 0.2) is 25.0 Å². The van der Waals surface area contributed by atoms with E-state index in [-0.39, 0.29) is 5.95 Å². The van der Waals surface area contributed by atoms with Gasteiger partial charge in [-0.15, -0.1) is 0 Å². The molecule has 2 heterocycles. The van der Waals surface area contributed by atoms with Crippen molar-refractivity contribution in [1.29, 1.82) is 0 Å². The van der Waals surface area contributed by atoms with E-state index < -0.39 is 0 Å². The number of pyridine rings is 1. The van der Waals surface area contributed by atoms with Crippen molar-refractivity contribution in [3.05, 3.63) is 47.4 Å². The molecule has 0 aliphatic carbocycles. The highest BCUT2D eigenvalue weighted by Crippen LogP contribution is 2.25. The van der Waals surface area contributed by atoms with Gasteiger partial charge < -0.3 is 11.5 Å². The van der Waals surface area contributed by atoms with Crippen LogP contribution in [0.3, 0.4) is 0 Å². The summed E-state index contributed by atoms with van der Waals surface area (Å²) in [6, 6.07) is 2.06. The topological polar surface area (TPSA) is 90.7 Å². The molecule has 0 bridgehead atoms. The number of aromatic nitrogens is 3. The highest BCUT2D eigenvalue weighted by molar-refractivity contribution is 5.59. The third-order valence-corrected chi connectivity index (χ3v) is 3.38. The average Bonchev–Trinajstić information content (AvgIpc) is 2.41. The molecule has 0 saturated heterocycles. The third-order valence-electron chi connectivity index (χ3n) is 3.38. The van der Waals surface area contributed by atoms with Gasteiger partial charge in [0.25, 0.3) is 0 Å². The summed E-state index contributed by atoms with van der Waals surface area (Å²) in [6.45, 7) is 10.2. The molecular formula is C16H21N5. The fourth-order valence-corrected chi connectivity index (χ4v) is 2.19. The highest BCUT2D eigenvalue weighted by Gasteiger charge is 2.12. The van der Waals surface area contributed by atoms with Crippen molar-refractivity contribution >= 4 is 17.3 Å². The maximum absolute atomic E-state index is 5.93. The molecule has 2 aromatic heterocycles. The molecule has 0 aromatic carbocycles. The fraction of sp³-hybridized carbons (Fsp3) is 0.312. The zero-order chi connectivity index (χ0) is 15.6. The van der Waals surface area contributed by atoms with Gasteiger partial charge in [0.15, 0.2) is 0 Å². The molecular weight excluding hydrogens is 262 g/mol. The molecule has 0 fully saturated rings. The number of anilines is 2. The van der Waals surface area contributed by atoms with Gasteiger partial charge in [-0.25, -0.2) is 4.98 Å². The molecule has 2 aromatic rings. The second-order valence-corrected chi connectivity index (χ2v) is 5.52. The zero-order valence-electron chi connectivity index (χ0n) is 12.7. The monoisotopic (exact) mass is 283 g/mol. The van der Waals surface area contributed by atoms with Gasteiger partial charge in [-0.2, -0.15) is 4.98 Å². The van der Waals surface area contributed by atoms with Crippen LogP contribution in [0.5, 0.6) is 0 Å². The predicted molar refractivity (Wildman–Crippen MR) is 86.7 cm³/mol. The van der Waals surface area contributed by atoms with Crippen LogP contribution < -0.4 is 11.5 Å². The Morgan fingerprint density at radius 2 is 1.90 bits per heavy atom. The first-order valence-corrected chi connectivity index (χ1v) is 6.90. The van der Waals surface area contributed by atoms with E-state index in [4.69, 9.17) is 11.5 Å². The van der Waals surface area contributed by atoms with Gasteiger partial charge in [0.1, 0.15) is 5.82 Å². The minimum Gasteiger partial charge on any atom is -0.383 e. The van der Waals surface area contributed by atoms with Gasteiger partial charge in [0.2, 0.25) is 5.95 Å². The lowest BCUT2D eigenvalue weighted by Crippen LogP contribution is -2.06. The number of rotatable bonds is 4. The van der Waals surface area contributed by atoms with E-state index in [9.17, 15) is 0 Å². The minimum atomic E-state index is 0.192. The second kappa shape index (κ2) is 5.91. The lowest BCUT2D eigenvalue weighted by molar-refractivity contribution is 0.837. The summed E-state index contributed by atoms with van der Waals surface area (Å²) < 4.78 is 0. The quantitative estimate of drug-likeness (QED) is 0.900. The van der Waals surface area contributed by atoms with E-state index in [1.807, 2.05) is 13.1 Å². The number of nitrogens with two attached hydrogens (primary N) is 2. The molecule has 21 heavy (non-hydrogen) atoms. The molecule has 0 atom stereocenters. The van der Waals surface area contributed by atoms with Crippen LogP contribution in [0, 0.1) is 0 Å². The smallest absolute Gasteiger partial charge is 0.221 e. The summed E-state index contributed by atoms with van der Waals surface area (Å²) >= 11 is 0. The van der Waals surface area contributed by atoms with Crippen LogP contribution in [-0.2, 0) is 6.42 Å². The van der Waals surface area contributed by atoms with Crippen LogP contribution >= 0.6 is 0 Å². The Morgan fingerprint density at radius 3 is 2.48 bits per heavy atom. The van der Waals surface area contributed by atoms with Crippen molar-refractivity contribution in [2.75, 3.05) is 11.5 Å². The molecule has 110 valence electrons. The Bertz CT molecular complexity index is 676. The Balaban J connectivity index is 2.45. The minimum absolute atomic E-state index is 0.192. The van der Waals surface area contributed by atoms with Crippen molar-refractivity contribution in [3.63, 3.8) is 0 Å². The zero-order valence-corrected chi connectivity index (χ0v) is 12.7. The molecule has 0 aliphatic heterocycles. The first-order chi connectivity index (χ1) is 9.88. The highest BCUT2D eigenvalue weighted by atomic mass is 15.0. The number of nitrogen functional groups attached to an aromatic ring is 2. The van der Waals surface area contributed by atoms with Gasteiger partial charge in [-0.05, 0) is 35.6 Å². The van der Waals surface area contributed by atoms with E-state index in [1.54, 1.807) is 6.20 Å². The molecule has 0 unspecified atom stereocenters. The van der Waals surface area contributed by atoms with E-state index in [0.29, 0.717) is 18.2 Å². The van der Waals surface area contributed by atoms with Crippen molar-refractivity contribution in [1.82, 2.24) is 15.0 Å². The van der Waals surface area contributed by atoms with Crippen molar-refractivity contribution < 1.29 is 0 Å². The molecule has 5 heteroatoms. The normalized spacial score (nSPS) is 10.9. The van der Waals surface area contributed by atoms with Gasteiger partial charge >= 0.3 is 0 Å². The molecule has 0 aliphatic rings. The van der Waals surface area contributed by atoms with E-state index >= 15 is 0 Å². The van der Waals surface area contributed by atoms with Gasteiger partial charge in [0.05, 0.1) is 5.69 Å². The summed E-state index contributed by atoms with van der Waals surface area (Å²) in [4.78, 5) is 12.5. The number of nitrogens with zero attached hydrogens (tertiary/aromatic N) is 3. The lowest BCUT2D eigenvalue weighted by atomic mass is 9.94. The number of hydrogen-bond acceptors (Lipinski definition) is 5. The Kier molecular flexibility index (Phi) is 4.21. The summed E-state index contributed by atoms with van der Waals surface area (Å²) in [5, 5.41) is 0. The number of allylic oxidation sites excluding steroid dienone is 1. The van der Waals surface area contributed by atoms with E-state index in [0.717, 1.165) is 22.4 Å². The Labute approximate surface area is 125 Å². The van der Waals surface area contributed by atoms with Crippen LogP contribution in [0.2, 0.25) is 0 Å². The molecule has 5 nitrogen and oxygen atoms in total. The Morgan fingerprint density at radius 1 is 1.19 bits per heavy atom. The molecule has 2 rings (SSSR count). The Hall–Kier alpha value is -2.43.